The minimum absolute atomic E-state index is 0.302. The summed E-state index contributed by atoms with van der Waals surface area (Å²) in [7, 11) is 0. The molecule has 1 aromatic carbocycles. The predicted molar refractivity (Wildman–Crippen MR) is 103 cm³/mol. The summed E-state index contributed by atoms with van der Waals surface area (Å²) in [4.78, 5) is 11.5. The number of rotatable bonds is 4. The molecule has 132 valence electrons. The van der Waals surface area contributed by atoms with E-state index >= 15 is 0 Å². The fourth-order valence-corrected chi connectivity index (χ4v) is 4.37. The molecule has 25 heavy (non-hydrogen) atoms. The Balaban J connectivity index is 1.47. The number of nitrogens with one attached hydrogen (secondary N) is 1. The van der Waals surface area contributed by atoms with Gasteiger partial charge in [-0.25, -0.2) is 9.97 Å². The van der Waals surface area contributed by atoms with Crippen molar-refractivity contribution in [2.24, 2.45) is 0 Å². The molecule has 1 aliphatic heterocycles. The van der Waals surface area contributed by atoms with E-state index in [1.54, 1.807) is 0 Å². The third-order valence-corrected chi connectivity index (χ3v) is 5.59. The third-order valence-electron chi connectivity index (χ3n) is 5.42. The van der Waals surface area contributed by atoms with Crippen LogP contribution in [0.1, 0.15) is 38.5 Å². The van der Waals surface area contributed by atoms with Crippen LogP contribution in [0.25, 0.3) is 11.3 Å². The van der Waals surface area contributed by atoms with E-state index < -0.39 is 0 Å². The summed E-state index contributed by atoms with van der Waals surface area (Å²) in [5.74, 6) is 0.839. The number of halogens is 1. The quantitative estimate of drug-likeness (QED) is 0.812. The molecule has 1 aliphatic carbocycles. The van der Waals surface area contributed by atoms with Crippen LogP contribution < -0.4 is 5.32 Å². The molecule has 0 amide bonds. The fraction of sp³-hybridized carbons (Fsp3) is 0.500. The maximum atomic E-state index is 6.18. The molecule has 1 saturated heterocycles. The zero-order valence-corrected chi connectivity index (χ0v) is 15.3. The summed E-state index contributed by atoms with van der Waals surface area (Å²) in [5, 5.41) is 3.92. The summed E-state index contributed by atoms with van der Waals surface area (Å²) in [6.07, 6.45) is 7.73. The molecule has 2 heterocycles. The first-order valence-electron chi connectivity index (χ1n) is 9.38. The van der Waals surface area contributed by atoms with Crippen LogP contribution in [0.3, 0.4) is 0 Å². The Hall–Kier alpha value is -1.65. The van der Waals surface area contributed by atoms with Crippen molar-refractivity contribution in [2.45, 2.75) is 50.6 Å². The molecule has 2 fully saturated rings. The SMILES string of the molecule is Clc1nc(NC2CCCC(N3CCCC3)C2)cc(-c2ccccc2)n1. The van der Waals surface area contributed by atoms with E-state index in [2.05, 4.69) is 20.2 Å². The second-order valence-electron chi connectivity index (χ2n) is 7.18. The van der Waals surface area contributed by atoms with E-state index in [4.69, 9.17) is 11.6 Å². The Morgan fingerprint density at radius 1 is 1.00 bits per heavy atom. The maximum Gasteiger partial charge on any atom is 0.224 e. The molecule has 0 radical (unpaired) electrons. The van der Waals surface area contributed by atoms with Crippen LogP contribution >= 0.6 is 11.6 Å². The van der Waals surface area contributed by atoms with E-state index in [0.717, 1.165) is 23.1 Å². The summed E-state index contributed by atoms with van der Waals surface area (Å²) in [6.45, 7) is 2.55. The van der Waals surface area contributed by atoms with Gasteiger partial charge in [0.15, 0.2) is 0 Å². The van der Waals surface area contributed by atoms with Crippen molar-refractivity contribution in [3.05, 3.63) is 41.7 Å². The van der Waals surface area contributed by atoms with Crippen molar-refractivity contribution in [2.75, 3.05) is 18.4 Å². The average Bonchev–Trinajstić information content (AvgIpc) is 3.17. The van der Waals surface area contributed by atoms with Gasteiger partial charge in [0, 0.05) is 23.7 Å². The van der Waals surface area contributed by atoms with E-state index in [1.807, 2.05) is 36.4 Å². The smallest absolute Gasteiger partial charge is 0.224 e. The van der Waals surface area contributed by atoms with Crippen LogP contribution in [-0.4, -0.2) is 40.0 Å². The van der Waals surface area contributed by atoms with Crippen molar-refractivity contribution >= 4 is 17.4 Å². The normalized spacial score (nSPS) is 24.4. The van der Waals surface area contributed by atoms with Crippen LogP contribution in [0.4, 0.5) is 5.82 Å². The van der Waals surface area contributed by atoms with Gasteiger partial charge >= 0.3 is 0 Å². The number of aromatic nitrogens is 2. The van der Waals surface area contributed by atoms with Gasteiger partial charge in [0.25, 0.3) is 0 Å². The minimum Gasteiger partial charge on any atom is -0.367 e. The van der Waals surface area contributed by atoms with Crippen molar-refractivity contribution < 1.29 is 0 Å². The van der Waals surface area contributed by atoms with Gasteiger partial charge in [-0.3, -0.25) is 0 Å². The molecule has 2 atom stereocenters. The average molecular weight is 357 g/mol. The first kappa shape index (κ1) is 16.8. The van der Waals surface area contributed by atoms with E-state index in [0.29, 0.717) is 11.3 Å². The van der Waals surface area contributed by atoms with E-state index in [1.165, 1.54) is 51.6 Å². The van der Waals surface area contributed by atoms with Crippen LogP contribution in [-0.2, 0) is 0 Å². The Bertz CT molecular complexity index is 700. The van der Waals surface area contributed by atoms with Crippen molar-refractivity contribution in [1.29, 1.82) is 0 Å². The van der Waals surface area contributed by atoms with Crippen LogP contribution in [0.2, 0.25) is 5.28 Å². The number of hydrogen-bond acceptors (Lipinski definition) is 4. The molecule has 2 aromatic rings. The molecule has 2 aliphatic rings. The Kier molecular flexibility index (Phi) is 5.18. The molecule has 1 N–H and O–H groups in total. The Morgan fingerprint density at radius 2 is 1.80 bits per heavy atom. The van der Waals surface area contributed by atoms with Crippen LogP contribution in [0, 0.1) is 0 Å². The highest BCUT2D eigenvalue weighted by Gasteiger charge is 2.28. The van der Waals surface area contributed by atoms with Gasteiger partial charge in [-0.1, -0.05) is 30.3 Å². The Morgan fingerprint density at radius 3 is 2.60 bits per heavy atom. The van der Waals surface area contributed by atoms with E-state index in [-0.39, 0.29) is 0 Å². The van der Waals surface area contributed by atoms with Gasteiger partial charge in [-0.05, 0) is 63.2 Å². The molecule has 4 nitrogen and oxygen atoms in total. The number of benzene rings is 1. The monoisotopic (exact) mass is 356 g/mol. The summed E-state index contributed by atoms with van der Waals surface area (Å²) in [5.41, 5.74) is 1.93. The van der Waals surface area contributed by atoms with Gasteiger partial charge in [-0.15, -0.1) is 0 Å². The van der Waals surface area contributed by atoms with Gasteiger partial charge in [0.05, 0.1) is 5.69 Å². The lowest BCUT2D eigenvalue weighted by Crippen LogP contribution is -2.40. The number of nitrogens with zero attached hydrogens (tertiary/aromatic N) is 3. The lowest BCUT2D eigenvalue weighted by molar-refractivity contribution is 0.184. The second-order valence-corrected chi connectivity index (χ2v) is 7.52. The zero-order chi connectivity index (χ0) is 17.1. The molecular formula is C20H25ClN4. The van der Waals surface area contributed by atoms with Crippen LogP contribution in [0.15, 0.2) is 36.4 Å². The van der Waals surface area contributed by atoms with Crippen molar-refractivity contribution in [1.82, 2.24) is 14.9 Å². The molecule has 0 spiro atoms. The maximum absolute atomic E-state index is 6.18. The summed E-state index contributed by atoms with van der Waals surface area (Å²) in [6, 6.07) is 13.3. The predicted octanol–water partition coefficient (Wildman–Crippen LogP) is 4.62. The van der Waals surface area contributed by atoms with Gasteiger partial charge < -0.3 is 10.2 Å². The highest BCUT2D eigenvalue weighted by Crippen LogP contribution is 2.29. The summed E-state index contributed by atoms with van der Waals surface area (Å²) < 4.78 is 0. The van der Waals surface area contributed by atoms with Crippen molar-refractivity contribution in [3.8, 4) is 11.3 Å². The van der Waals surface area contributed by atoms with E-state index in [9.17, 15) is 0 Å². The molecule has 1 saturated carbocycles. The number of hydrogen-bond donors (Lipinski definition) is 1. The standard InChI is InChI=1S/C20H25ClN4/c21-20-23-18(15-7-2-1-3-8-15)14-19(24-20)22-16-9-6-10-17(13-16)25-11-4-5-12-25/h1-3,7-8,14,16-17H,4-6,9-13H2,(H,22,23,24). The molecular weight excluding hydrogens is 332 g/mol. The molecule has 4 rings (SSSR count). The third kappa shape index (κ3) is 4.13. The first-order valence-corrected chi connectivity index (χ1v) is 9.76. The first-order chi connectivity index (χ1) is 12.3. The molecule has 5 heteroatoms. The fourth-order valence-electron chi connectivity index (χ4n) is 4.19. The van der Waals surface area contributed by atoms with Crippen molar-refractivity contribution in [3.63, 3.8) is 0 Å². The topological polar surface area (TPSA) is 41.1 Å². The molecule has 2 unspecified atom stereocenters. The Labute approximate surface area is 154 Å². The lowest BCUT2D eigenvalue weighted by atomic mass is 9.90. The number of likely N-dealkylation sites (tertiary alicyclic amines) is 1. The minimum atomic E-state index is 0.302. The summed E-state index contributed by atoms with van der Waals surface area (Å²) >= 11 is 6.18. The van der Waals surface area contributed by atoms with Gasteiger partial charge in [0.1, 0.15) is 5.82 Å². The van der Waals surface area contributed by atoms with Gasteiger partial charge in [-0.2, -0.15) is 0 Å². The highest BCUT2D eigenvalue weighted by atomic mass is 35.5. The lowest BCUT2D eigenvalue weighted by Gasteiger charge is -2.35. The second kappa shape index (κ2) is 7.71. The molecule has 0 bridgehead atoms. The van der Waals surface area contributed by atoms with Crippen LogP contribution in [0.5, 0.6) is 0 Å². The largest absolute Gasteiger partial charge is 0.367 e. The molecule has 1 aromatic heterocycles. The van der Waals surface area contributed by atoms with Gasteiger partial charge in [0.2, 0.25) is 5.28 Å². The highest BCUT2D eigenvalue weighted by molar-refractivity contribution is 6.28. The number of anilines is 1. The zero-order valence-electron chi connectivity index (χ0n) is 14.5.